The Kier molecular flexibility index (Phi) is 2.43. The first-order valence-corrected chi connectivity index (χ1v) is 25.8. The summed E-state index contributed by atoms with van der Waals surface area (Å²) in [6, 6.07) is 8.87. The molecule has 0 aliphatic rings. The number of hydrogen-bond acceptors (Lipinski definition) is 2. The van der Waals surface area contributed by atoms with Crippen LogP contribution in [-0.4, -0.2) is 4.57 Å². The molecule has 0 N–H and O–H groups in total. The number of rotatable bonds is 2. The van der Waals surface area contributed by atoms with Gasteiger partial charge in [0.2, 0.25) is 0 Å². The molecule has 0 saturated carbocycles. The average molecular weight is 872 g/mol. The van der Waals surface area contributed by atoms with Crippen LogP contribution in [0.4, 0.5) is 0 Å². The highest BCUT2D eigenvalue weighted by Gasteiger charge is 2.50. The first-order valence-electron chi connectivity index (χ1n) is 25.8. The largest absolute Gasteiger partial charge is 0.303 e. The third-order valence-electron chi connectivity index (χ3n) is 23.8. The van der Waals surface area contributed by atoms with E-state index in [1.807, 2.05) is 0 Å². The number of aromatic nitrogens is 1. The highest BCUT2D eigenvalue weighted by molar-refractivity contribution is 6.83. The van der Waals surface area contributed by atoms with Crippen LogP contribution < -0.4 is 11.0 Å². The van der Waals surface area contributed by atoms with Crippen LogP contribution in [0.25, 0.3) is 313 Å². The molecular formula is C68H9NO2. The number of benzene rings is 19. The van der Waals surface area contributed by atoms with Crippen LogP contribution in [0.3, 0.4) is 0 Å². The SMILES string of the molecule is Cc1cccc(Cn2c(=O)c3c4c5c6c(=O)c7c8c6c6c9c5c5c4c4c%10c3c3c%11c%12c%10c%10c4c4c5c5c9c9c6c6c8c8c%13c7c(c7c%13c%13c%14c8c6c6c9c8c5c4c4c%10c5c9c4c8c6c%14c9c%13c(c5%12)c7%11)c32)c1. The molecule has 0 amide bonds. The van der Waals surface area contributed by atoms with Gasteiger partial charge in [0.25, 0.3) is 5.56 Å². The number of hydrogen-bond donors (Lipinski definition) is 0. The topological polar surface area (TPSA) is 39.1 Å². The van der Waals surface area contributed by atoms with Crippen molar-refractivity contribution in [2.24, 2.45) is 0 Å². The molecule has 0 aliphatic carbocycles. The minimum absolute atomic E-state index is 0.110. The van der Waals surface area contributed by atoms with Crippen molar-refractivity contribution in [3.8, 4) is 0 Å². The Labute approximate surface area is 384 Å². The van der Waals surface area contributed by atoms with Crippen molar-refractivity contribution in [2.45, 2.75) is 13.5 Å². The van der Waals surface area contributed by atoms with Crippen LogP contribution in [0.5, 0.6) is 0 Å². The fraction of sp³-hybridized carbons (Fsp3) is 0.0294. The summed E-state index contributed by atoms with van der Waals surface area (Å²) in [6.07, 6.45) is 0. The maximum absolute atomic E-state index is 17.2. The van der Waals surface area contributed by atoms with Gasteiger partial charge in [0, 0.05) is 302 Å². The van der Waals surface area contributed by atoms with E-state index in [-0.39, 0.29) is 11.0 Å². The molecule has 0 fully saturated rings. The van der Waals surface area contributed by atoms with Gasteiger partial charge in [-0.1, -0.05) is 29.8 Å². The minimum Gasteiger partial charge on any atom is -0.303 e. The molecule has 0 bridgehead atoms. The van der Waals surface area contributed by atoms with E-state index in [1.165, 1.54) is 259 Å². The van der Waals surface area contributed by atoms with Crippen molar-refractivity contribution in [2.75, 3.05) is 0 Å². The summed E-state index contributed by atoms with van der Waals surface area (Å²) in [6.45, 7) is 2.65. The van der Waals surface area contributed by atoms with E-state index < -0.39 is 0 Å². The Balaban J connectivity index is 1.22. The summed E-state index contributed by atoms with van der Waals surface area (Å²) in [5, 5.41) is 79.0. The summed E-state index contributed by atoms with van der Waals surface area (Å²) >= 11 is 0. The summed E-state index contributed by atoms with van der Waals surface area (Å²) in [7, 11) is 0. The van der Waals surface area contributed by atoms with Gasteiger partial charge in [-0.3, -0.25) is 9.59 Å². The lowest BCUT2D eigenvalue weighted by atomic mass is 9.85. The van der Waals surface area contributed by atoms with Gasteiger partial charge in [0.15, 0.2) is 5.43 Å². The first-order chi connectivity index (χ1) is 35.2. The van der Waals surface area contributed by atoms with Crippen molar-refractivity contribution >= 4 is 313 Å². The second kappa shape index (κ2) is 6.37. The molecule has 1 aromatic heterocycles. The van der Waals surface area contributed by atoms with E-state index in [0.29, 0.717) is 6.54 Å². The van der Waals surface area contributed by atoms with Gasteiger partial charge in [-0.05, 0) is 12.5 Å². The highest BCUT2D eigenvalue weighted by Crippen LogP contribution is 2.78. The fourth-order valence-electron chi connectivity index (χ4n) is 23.2. The number of fused-ring (bicyclic) bond motifs is 6. The van der Waals surface area contributed by atoms with Crippen molar-refractivity contribution in [3.05, 3.63) is 56.0 Å². The van der Waals surface area contributed by atoms with E-state index in [9.17, 15) is 0 Å². The van der Waals surface area contributed by atoms with Gasteiger partial charge in [-0.25, -0.2) is 0 Å². The molecule has 3 nitrogen and oxygen atoms in total. The Bertz CT molecular complexity index is 7950. The lowest BCUT2D eigenvalue weighted by Crippen LogP contribution is -2.22. The van der Waals surface area contributed by atoms with E-state index in [1.54, 1.807) is 21.5 Å². The zero-order valence-corrected chi connectivity index (χ0v) is 36.3. The van der Waals surface area contributed by atoms with Crippen LogP contribution in [0.15, 0.2) is 33.9 Å². The van der Waals surface area contributed by atoms with E-state index >= 15 is 9.59 Å². The van der Waals surface area contributed by atoms with Crippen LogP contribution in [0, 0.1) is 6.92 Å². The van der Waals surface area contributed by atoms with Crippen molar-refractivity contribution in [3.63, 3.8) is 0 Å². The van der Waals surface area contributed by atoms with Gasteiger partial charge in [-0.15, -0.1) is 0 Å². The van der Waals surface area contributed by atoms with Crippen LogP contribution in [-0.2, 0) is 6.54 Å². The Hall–Kier alpha value is -9.18. The molecule has 71 heavy (non-hydrogen) atoms. The zero-order valence-electron chi connectivity index (χ0n) is 36.3. The average Bonchev–Trinajstić information content (AvgIpc) is 4.43. The van der Waals surface area contributed by atoms with Crippen LogP contribution in [0.1, 0.15) is 11.1 Å². The molecule has 1 heterocycles. The molecule has 0 radical (unpaired) electrons. The minimum atomic E-state index is 0.110. The molecule has 31 rings (SSSR count). The van der Waals surface area contributed by atoms with E-state index in [2.05, 4.69) is 35.8 Å². The molecule has 0 spiro atoms. The third-order valence-corrected chi connectivity index (χ3v) is 23.8. The number of aryl methyl sites for hydroxylation is 1. The Morgan fingerprint density at radius 2 is 0.479 bits per heavy atom. The monoisotopic (exact) mass is 871 g/mol. The Morgan fingerprint density at radius 3 is 0.746 bits per heavy atom. The van der Waals surface area contributed by atoms with E-state index in [4.69, 9.17) is 0 Å². The normalized spacial score (nSPS) is 16.7. The summed E-state index contributed by atoms with van der Waals surface area (Å²) in [5.41, 5.74) is 3.73. The van der Waals surface area contributed by atoms with Crippen LogP contribution in [0.2, 0.25) is 0 Å². The second-order valence-electron chi connectivity index (χ2n) is 24.9. The molecule has 0 atom stereocenters. The lowest BCUT2D eigenvalue weighted by molar-refractivity contribution is 0.805. The maximum Gasteiger partial charge on any atom is 0.259 e. The van der Waals surface area contributed by atoms with Crippen molar-refractivity contribution in [1.82, 2.24) is 4.57 Å². The standard InChI is InChI=1S/C68H9NO2/c1-7-3-2-4-8(5-7)6-69-66-61-53-45-34-25-17-15-9-10-12-14-13-11(9)18-19(15)27-31(25)42-47-37(27)36-26(18)29-22(13)30-23(14)32-28-21(12)24-16(10)20(17)33(34)38-35(24)44-39(28)51-43(32)49-41(30)48-40(29)46(36)55-56(47)64(59(61)50(42)45)67(70)63(55)57(48)58(49)65(68(69)71)60(51)62(66)54(44)52(38)53/h2-5H,6H2,1H3. The van der Waals surface area contributed by atoms with E-state index in [0.717, 1.165) is 43.4 Å². The molecule has 0 aliphatic heterocycles. The molecule has 31 aromatic rings. The lowest BCUT2D eigenvalue weighted by Gasteiger charge is -2.21. The highest BCUT2D eigenvalue weighted by atomic mass is 16.1. The first kappa shape index (κ1) is 27.1. The Morgan fingerprint density at radius 1 is 0.268 bits per heavy atom. The number of nitrogens with zero attached hydrogens (tertiary/aromatic N) is 1. The van der Waals surface area contributed by atoms with Crippen molar-refractivity contribution < 1.29 is 0 Å². The quantitative estimate of drug-likeness (QED) is 0.128. The van der Waals surface area contributed by atoms with Gasteiger partial charge >= 0.3 is 0 Å². The molecule has 0 saturated heterocycles. The van der Waals surface area contributed by atoms with Crippen molar-refractivity contribution in [1.29, 1.82) is 0 Å². The third kappa shape index (κ3) is 1.58. The van der Waals surface area contributed by atoms with Gasteiger partial charge < -0.3 is 4.57 Å². The number of pyridine rings is 1. The van der Waals surface area contributed by atoms with Crippen LogP contribution >= 0.6 is 0 Å². The predicted octanol–water partition coefficient (Wildman–Crippen LogP) is 17.6. The fourth-order valence-corrected chi connectivity index (χ4v) is 23.2. The summed E-state index contributed by atoms with van der Waals surface area (Å²) in [5.74, 6) is 0. The maximum atomic E-state index is 17.2. The van der Waals surface area contributed by atoms with Gasteiger partial charge in [0.05, 0.1) is 17.4 Å². The van der Waals surface area contributed by atoms with Gasteiger partial charge in [-0.2, -0.15) is 0 Å². The molecule has 3 heteroatoms. The molecule has 0 unspecified atom stereocenters. The zero-order chi connectivity index (χ0) is 42.9. The van der Waals surface area contributed by atoms with Gasteiger partial charge in [0.1, 0.15) is 0 Å². The predicted molar refractivity (Wildman–Crippen MR) is 302 cm³/mol. The smallest absolute Gasteiger partial charge is 0.259 e. The molecule has 298 valence electrons. The second-order valence-corrected chi connectivity index (χ2v) is 24.9. The summed E-state index contributed by atoms with van der Waals surface area (Å²) in [4.78, 5) is 34.3. The molecule has 30 aromatic carbocycles. The molecular weight excluding hydrogens is 863 g/mol. The summed E-state index contributed by atoms with van der Waals surface area (Å²) < 4.78 is 2.27.